The monoisotopic (exact) mass is 258 g/mol. The van der Waals surface area contributed by atoms with Gasteiger partial charge in [0.05, 0.1) is 18.2 Å². The van der Waals surface area contributed by atoms with E-state index in [9.17, 15) is 0 Å². The molecule has 1 N–H and O–H groups in total. The molecule has 0 saturated heterocycles. The highest BCUT2D eigenvalue weighted by Gasteiger charge is 2.15. The number of ether oxygens (including phenoxy) is 1. The van der Waals surface area contributed by atoms with Crippen LogP contribution >= 0.6 is 11.6 Å². The number of aliphatic hydroxyl groups excluding tert-OH is 1. The summed E-state index contributed by atoms with van der Waals surface area (Å²) in [5.41, 5.74) is 0.717. The van der Waals surface area contributed by atoms with E-state index in [0.717, 1.165) is 12.4 Å². The van der Waals surface area contributed by atoms with E-state index in [1.165, 1.54) is 0 Å². The Labute approximate surface area is 107 Å². The molecule has 0 radical (unpaired) electrons. The van der Waals surface area contributed by atoms with E-state index in [0.29, 0.717) is 17.2 Å². The summed E-state index contributed by atoms with van der Waals surface area (Å²) in [5, 5.41) is 9.57. The molecular weight excluding hydrogens is 240 g/mol. The summed E-state index contributed by atoms with van der Waals surface area (Å²) < 4.78 is 5.08. The van der Waals surface area contributed by atoms with Crippen molar-refractivity contribution in [1.82, 2.24) is 4.98 Å². The Morgan fingerprint density at radius 3 is 2.71 bits per heavy atom. The molecule has 1 aromatic heterocycles. The van der Waals surface area contributed by atoms with Gasteiger partial charge in [-0.2, -0.15) is 0 Å². The number of halogens is 1. The molecule has 0 fully saturated rings. The van der Waals surface area contributed by atoms with Crippen molar-refractivity contribution in [2.75, 3.05) is 25.2 Å². The number of aliphatic hydroxyl groups is 1. The minimum atomic E-state index is -0.0489. The third-order valence-corrected chi connectivity index (χ3v) is 2.77. The molecule has 0 unspecified atom stereocenters. The fraction of sp³-hybridized carbons (Fsp3) is 0.583. The summed E-state index contributed by atoms with van der Waals surface area (Å²) in [4.78, 5) is 6.38. The average molecular weight is 259 g/mol. The molecule has 0 aliphatic heterocycles. The van der Waals surface area contributed by atoms with Crippen LogP contribution in [0.4, 0.5) is 5.82 Å². The zero-order valence-corrected chi connectivity index (χ0v) is 11.2. The van der Waals surface area contributed by atoms with Crippen LogP contribution in [-0.4, -0.2) is 36.4 Å². The molecular formula is C12H19ClN2O2. The molecule has 0 saturated carbocycles. The van der Waals surface area contributed by atoms with Crippen LogP contribution in [0.25, 0.3) is 0 Å². The van der Waals surface area contributed by atoms with Gasteiger partial charge in [0.15, 0.2) is 0 Å². The van der Waals surface area contributed by atoms with Crippen LogP contribution in [0.1, 0.15) is 19.4 Å². The Kier molecular flexibility index (Phi) is 5.68. The molecule has 0 bridgehead atoms. The Bertz CT molecular complexity index is 358. The topological polar surface area (TPSA) is 45.6 Å². The zero-order valence-electron chi connectivity index (χ0n) is 10.5. The molecule has 0 aliphatic carbocycles. The lowest BCUT2D eigenvalue weighted by atomic mass is 10.2. The molecule has 1 rings (SSSR count). The number of anilines is 1. The number of hydrogen-bond donors (Lipinski definition) is 1. The van der Waals surface area contributed by atoms with Crippen molar-refractivity contribution < 1.29 is 9.84 Å². The fourth-order valence-corrected chi connectivity index (χ4v) is 1.86. The molecule has 0 aromatic carbocycles. The molecule has 5 heteroatoms. The van der Waals surface area contributed by atoms with Crippen molar-refractivity contribution >= 4 is 17.4 Å². The first-order valence-corrected chi connectivity index (χ1v) is 5.98. The second kappa shape index (κ2) is 6.79. The van der Waals surface area contributed by atoms with Crippen LogP contribution in [0.15, 0.2) is 12.3 Å². The lowest BCUT2D eigenvalue weighted by molar-refractivity contribution is 0.203. The molecule has 17 heavy (non-hydrogen) atoms. The summed E-state index contributed by atoms with van der Waals surface area (Å²) in [6, 6.07) is 2.03. The molecule has 0 atom stereocenters. The summed E-state index contributed by atoms with van der Waals surface area (Å²) >= 11 is 6.17. The first-order valence-electron chi connectivity index (χ1n) is 5.61. The Balaban J connectivity index is 2.93. The van der Waals surface area contributed by atoms with Gasteiger partial charge in [-0.25, -0.2) is 4.98 Å². The molecule has 1 heterocycles. The van der Waals surface area contributed by atoms with Crippen LogP contribution < -0.4 is 4.90 Å². The average Bonchev–Trinajstić information content (AvgIpc) is 2.30. The smallest absolute Gasteiger partial charge is 0.147 e. The second-order valence-electron chi connectivity index (χ2n) is 4.09. The van der Waals surface area contributed by atoms with Crippen LogP contribution in [-0.2, 0) is 11.3 Å². The van der Waals surface area contributed by atoms with Gasteiger partial charge in [-0.3, -0.25) is 0 Å². The molecule has 0 spiro atoms. The standard InChI is InChI=1S/C12H19ClN2O2/c1-9(2)15(4-5-17-3)12-11(13)6-10(8-16)7-14-12/h6-7,9,16H,4-5,8H2,1-3H3. The minimum Gasteiger partial charge on any atom is -0.392 e. The van der Waals surface area contributed by atoms with Crippen LogP contribution in [0.5, 0.6) is 0 Å². The Morgan fingerprint density at radius 2 is 2.24 bits per heavy atom. The normalized spacial score (nSPS) is 10.9. The number of pyridine rings is 1. The molecule has 0 aliphatic rings. The number of hydrogen-bond acceptors (Lipinski definition) is 4. The SMILES string of the molecule is COCCN(c1ncc(CO)cc1Cl)C(C)C. The first-order chi connectivity index (χ1) is 8.10. The van der Waals surface area contributed by atoms with E-state index in [2.05, 4.69) is 23.7 Å². The highest BCUT2D eigenvalue weighted by Crippen LogP contribution is 2.25. The fourth-order valence-electron chi connectivity index (χ4n) is 1.57. The summed E-state index contributed by atoms with van der Waals surface area (Å²) in [5.74, 6) is 0.732. The maximum atomic E-state index is 9.01. The lowest BCUT2D eigenvalue weighted by Gasteiger charge is -2.28. The predicted octanol–water partition coefficient (Wildman–Crippen LogP) is 2.09. The molecule has 0 amide bonds. The van der Waals surface area contributed by atoms with Crippen molar-refractivity contribution in [2.24, 2.45) is 0 Å². The lowest BCUT2D eigenvalue weighted by Crippen LogP contribution is -2.34. The first kappa shape index (κ1) is 14.2. The number of methoxy groups -OCH3 is 1. The van der Waals surface area contributed by atoms with E-state index >= 15 is 0 Å². The summed E-state index contributed by atoms with van der Waals surface area (Å²) in [6.45, 7) is 5.46. The van der Waals surface area contributed by atoms with Crippen LogP contribution in [0.2, 0.25) is 5.02 Å². The number of nitrogens with zero attached hydrogens (tertiary/aromatic N) is 2. The van der Waals surface area contributed by atoms with Gasteiger partial charge in [-0.15, -0.1) is 0 Å². The number of rotatable bonds is 6. The molecule has 4 nitrogen and oxygen atoms in total. The number of aromatic nitrogens is 1. The van der Waals surface area contributed by atoms with Crippen molar-refractivity contribution in [1.29, 1.82) is 0 Å². The van der Waals surface area contributed by atoms with Crippen molar-refractivity contribution in [3.8, 4) is 0 Å². The van der Waals surface area contributed by atoms with Crippen LogP contribution in [0.3, 0.4) is 0 Å². The van der Waals surface area contributed by atoms with Gasteiger partial charge in [-0.05, 0) is 25.5 Å². The Morgan fingerprint density at radius 1 is 1.53 bits per heavy atom. The Hall–Kier alpha value is -0.840. The van der Waals surface area contributed by atoms with E-state index < -0.39 is 0 Å². The maximum Gasteiger partial charge on any atom is 0.147 e. The van der Waals surface area contributed by atoms with Gasteiger partial charge in [-0.1, -0.05) is 11.6 Å². The van der Waals surface area contributed by atoms with E-state index in [1.807, 2.05) is 0 Å². The quantitative estimate of drug-likeness (QED) is 0.849. The van der Waals surface area contributed by atoms with Crippen molar-refractivity contribution in [3.63, 3.8) is 0 Å². The maximum absolute atomic E-state index is 9.01. The second-order valence-corrected chi connectivity index (χ2v) is 4.49. The van der Waals surface area contributed by atoms with Gasteiger partial charge in [0.2, 0.25) is 0 Å². The van der Waals surface area contributed by atoms with E-state index in [1.54, 1.807) is 19.4 Å². The third kappa shape index (κ3) is 3.84. The molecule has 1 aromatic rings. The summed E-state index contributed by atoms with van der Waals surface area (Å²) in [7, 11) is 1.67. The molecule has 96 valence electrons. The third-order valence-electron chi connectivity index (χ3n) is 2.49. The van der Waals surface area contributed by atoms with Gasteiger partial charge >= 0.3 is 0 Å². The van der Waals surface area contributed by atoms with Gasteiger partial charge in [0, 0.05) is 25.9 Å². The highest BCUT2D eigenvalue weighted by atomic mass is 35.5. The van der Waals surface area contributed by atoms with E-state index in [4.69, 9.17) is 21.4 Å². The summed E-state index contributed by atoms with van der Waals surface area (Å²) in [6.07, 6.45) is 1.64. The van der Waals surface area contributed by atoms with Gasteiger partial charge in [0.25, 0.3) is 0 Å². The van der Waals surface area contributed by atoms with Gasteiger partial charge in [0.1, 0.15) is 5.82 Å². The van der Waals surface area contributed by atoms with Gasteiger partial charge < -0.3 is 14.7 Å². The van der Waals surface area contributed by atoms with Crippen molar-refractivity contribution in [3.05, 3.63) is 22.8 Å². The minimum absolute atomic E-state index is 0.0489. The van der Waals surface area contributed by atoms with Crippen LogP contribution in [0, 0.1) is 0 Å². The van der Waals surface area contributed by atoms with E-state index in [-0.39, 0.29) is 12.6 Å². The zero-order chi connectivity index (χ0) is 12.8. The highest BCUT2D eigenvalue weighted by molar-refractivity contribution is 6.33. The van der Waals surface area contributed by atoms with Crippen molar-refractivity contribution in [2.45, 2.75) is 26.5 Å². The largest absolute Gasteiger partial charge is 0.392 e. The predicted molar refractivity (Wildman–Crippen MR) is 69.5 cm³/mol.